The molecule has 0 unspecified atom stereocenters. The molecule has 0 spiro atoms. The van der Waals surface area contributed by atoms with Gasteiger partial charge in [-0.15, -0.1) is 0 Å². The van der Waals surface area contributed by atoms with Crippen molar-refractivity contribution >= 4 is 17.9 Å². The van der Waals surface area contributed by atoms with Crippen LogP contribution >= 0.6 is 0 Å². The third-order valence-corrected chi connectivity index (χ3v) is 13.7. The summed E-state index contributed by atoms with van der Waals surface area (Å²) in [4.78, 5) is 38.2. The zero-order valence-corrected chi connectivity index (χ0v) is 45.3. The molecule has 392 valence electrons. The molecule has 0 amide bonds. The van der Waals surface area contributed by atoms with E-state index in [1.165, 1.54) is 225 Å². The molecule has 66 heavy (non-hydrogen) atoms. The molecule has 0 radical (unpaired) electrons. The van der Waals surface area contributed by atoms with Crippen LogP contribution in [-0.2, 0) is 28.6 Å². The summed E-state index contributed by atoms with van der Waals surface area (Å²) in [7, 11) is 0. The minimum atomic E-state index is -0.763. The Balaban J connectivity index is 4.29. The van der Waals surface area contributed by atoms with E-state index in [0.29, 0.717) is 19.3 Å². The van der Waals surface area contributed by atoms with Gasteiger partial charge < -0.3 is 14.2 Å². The van der Waals surface area contributed by atoms with Gasteiger partial charge in [-0.3, -0.25) is 14.4 Å². The van der Waals surface area contributed by atoms with Crippen molar-refractivity contribution in [1.82, 2.24) is 0 Å². The highest BCUT2D eigenvalue weighted by Gasteiger charge is 2.19. The minimum absolute atomic E-state index is 0.0624. The van der Waals surface area contributed by atoms with Crippen LogP contribution in [-0.4, -0.2) is 37.2 Å². The average molecular weight is 934 g/mol. The molecule has 0 bridgehead atoms. The fourth-order valence-corrected chi connectivity index (χ4v) is 9.23. The van der Waals surface area contributed by atoms with Crippen LogP contribution in [0.4, 0.5) is 0 Å². The molecule has 0 heterocycles. The number of carbonyl (C=O) groups excluding carboxylic acids is 3. The van der Waals surface area contributed by atoms with Gasteiger partial charge in [-0.2, -0.15) is 0 Å². The van der Waals surface area contributed by atoms with Crippen LogP contribution in [0.1, 0.15) is 336 Å². The summed E-state index contributed by atoms with van der Waals surface area (Å²) in [5.74, 6) is 0.842. The van der Waals surface area contributed by atoms with E-state index in [9.17, 15) is 14.4 Å². The van der Waals surface area contributed by atoms with E-state index in [1.807, 2.05) is 0 Å². The summed E-state index contributed by atoms with van der Waals surface area (Å²) >= 11 is 0. The molecule has 0 aromatic heterocycles. The lowest BCUT2D eigenvalue weighted by molar-refractivity contribution is -0.167. The molecule has 0 aliphatic heterocycles. The van der Waals surface area contributed by atoms with Gasteiger partial charge in [0, 0.05) is 19.3 Å². The third-order valence-electron chi connectivity index (χ3n) is 13.7. The number of rotatable bonds is 54. The van der Waals surface area contributed by atoms with Gasteiger partial charge in [-0.25, -0.2) is 0 Å². The fraction of sp³-hybridized carbons (Fsp3) is 0.950. The Morgan fingerprint density at radius 2 is 0.500 bits per heavy atom. The smallest absolute Gasteiger partial charge is 0.306 e. The van der Waals surface area contributed by atoms with Crippen LogP contribution < -0.4 is 0 Å². The van der Waals surface area contributed by atoms with Gasteiger partial charge >= 0.3 is 17.9 Å². The highest BCUT2D eigenvalue weighted by molar-refractivity contribution is 5.71. The summed E-state index contributed by atoms with van der Waals surface area (Å²) in [6, 6.07) is 0. The quantitative estimate of drug-likeness (QED) is 0.0343. The number of esters is 3. The molecule has 6 heteroatoms. The highest BCUT2D eigenvalue weighted by Crippen LogP contribution is 2.18. The molecule has 0 aliphatic rings. The summed E-state index contributed by atoms with van der Waals surface area (Å²) in [5.41, 5.74) is 0. The van der Waals surface area contributed by atoms with Crippen molar-refractivity contribution in [2.24, 2.45) is 11.8 Å². The van der Waals surface area contributed by atoms with E-state index in [4.69, 9.17) is 14.2 Å². The maximum atomic E-state index is 12.9. The first-order valence-corrected chi connectivity index (χ1v) is 29.7. The molecule has 0 fully saturated rings. The number of hydrogen-bond donors (Lipinski definition) is 0. The maximum absolute atomic E-state index is 12.9. The lowest BCUT2D eigenvalue weighted by Crippen LogP contribution is -2.30. The average Bonchev–Trinajstić information content (AvgIpc) is 3.29. The minimum Gasteiger partial charge on any atom is -0.462 e. The zero-order chi connectivity index (χ0) is 48.2. The second kappa shape index (κ2) is 52.8. The van der Waals surface area contributed by atoms with Crippen molar-refractivity contribution in [2.45, 2.75) is 343 Å². The van der Waals surface area contributed by atoms with E-state index in [1.54, 1.807) is 0 Å². The number of unbranched alkanes of at least 4 members (excludes halogenated alkanes) is 39. The second-order valence-electron chi connectivity index (χ2n) is 21.6. The molecule has 1 atom stereocenters. The first-order chi connectivity index (χ1) is 32.2. The predicted molar refractivity (Wildman–Crippen MR) is 284 cm³/mol. The van der Waals surface area contributed by atoms with Gasteiger partial charge in [0.1, 0.15) is 13.2 Å². The van der Waals surface area contributed by atoms with Crippen LogP contribution in [0.15, 0.2) is 0 Å². The third kappa shape index (κ3) is 53.4. The molecule has 0 aliphatic carbocycles. The summed E-state index contributed by atoms with van der Waals surface area (Å²) in [6.07, 6.45) is 56.7. The van der Waals surface area contributed by atoms with Gasteiger partial charge in [0.2, 0.25) is 0 Å². The van der Waals surface area contributed by atoms with Crippen LogP contribution in [0.5, 0.6) is 0 Å². The molecule has 0 aromatic rings. The van der Waals surface area contributed by atoms with Gasteiger partial charge in [0.25, 0.3) is 0 Å². The predicted octanol–water partition coefficient (Wildman–Crippen LogP) is 19.7. The Morgan fingerprint density at radius 1 is 0.288 bits per heavy atom. The van der Waals surface area contributed by atoms with Crippen molar-refractivity contribution in [1.29, 1.82) is 0 Å². The monoisotopic (exact) mass is 933 g/mol. The Morgan fingerprint density at radius 3 is 0.742 bits per heavy atom. The fourth-order valence-electron chi connectivity index (χ4n) is 9.23. The molecule has 0 rings (SSSR count). The van der Waals surface area contributed by atoms with E-state index in [2.05, 4.69) is 34.6 Å². The second-order valence-corrected chi connectivity index (χ2v) is 21.6. The first-order valence-electron chi connectivity index (χ1n) is 29.7. The van der Waals surface area contributed by atoms with Crippen molar-refractivity contribution in [3.8, 4) is 0 Å². The van der Waals surface area contributed by atoms with Crippen LogP contribution in [0.2, 0.25) is 0 Å². The standard InChI is InChI=1S/C60H116O6/c1-6-7-8-9-10-11-12-13-16-20-25-30-35-40-45-50-58(61)64-53-57(54-65-59(62)51-46-41-36-31-27-22-24-29-34-39-44-49-56(4)5)66-60(63)52-47-42-37-32-26-21-18-15-14-17-19-23-28-33-38-43-48-55(2)3/h55-57H,6-54H2,1-5H3/t57-/m0/s1. The van der Waals surface area contributed by atoms with Crippen LogP contribution in [0.25, 0.3) is 0 Å². The van der Waals surface area contributed by atoms with E-state index >= 15 is 0 Å². The van der Waals surface area contributed by atoms with E-state index < -0.39 is 6.10 Å². The maximum Gasteiger partial charge on any atom is 0.306 e. The summed E-state index contributed by atoms with van der Waals surface area (Å²) in [6.45, 7) is 11.4. The van der Waals surface area contributed by atoms with Crippen LogP contribution in [0.3, 0.4) is 0 Å². The van der Waals surface area contributed by atoms with Gasteiger partial charge in [0.05, 0.1) is 0 Å². The molecule has 0 N–H and O–H groups in total. The van der Waals surface area contributed by atoms with E-state index in [-0.39, 0.29) is 31.1 Å². The van der Waals surface area contributed by atoms with Crippen LogP contribution in [0, 0.1) is 11.8 Å². The molecular formula is C60H116O6. The highest BCUT2D eigenvalue weighted by atomic mass is 16.6. The van der Waals surface area contributed by atoms with Crippen molar-refractivity contribution in [3.63, 3.8) is 0 Å². The Labute approximate surface area is 412 Å². The Kier molecular flexibility index (Phi) is 51.5. The lowest BCUT2D eigenvalue weighted by Gasteiger charge is -2.18. The number of ether oxygens (including phenoxy) is 3. The lowest BCUT2D eigenvalue weighted by atomic mass is 10.0. The number of hydrogen-bond acceptors (Lipinski definition) is 6. The summed E-state index contributed by atoms with van der Waals surface area (Å²) < 4.78 is 16.9. The zero-order valence-electron chi connectivity index (χ0n) is 45.3. The van der Waals surface area contributed by atoms with Crippen molar-refractivity contribution in [2.75, 3.05) is 13.2 Å². The molecule has 0 saturated carbocycles. The largest absolute Gasteiger partial charge is 0.462 e. The molecule has 6 nitrogen and oxygen atoms in total. The Bertz CT molecular complexity index is 1010. The Hall–Kier alpha value is -1.59. The van der Waals surface area contributed by atoms with E-state index in [0.717, 1.165) is 69.6 Å². The number of carbonyl (C=O) groups is 3. The first kappa shape index (κ1) is 64.4. The molecular weight excluding hydrogens is 817 g/mol. The topological polar surface area (TPSA) is 78.9 Å². The summed E-state index contributed by atoms with van der Waals surface area (Å²) in [5, 5.41) is 0. The van der Waals surface area contributed by atoms with Gasteiger partial charge in [-0.05, 0) is 31.1 Å². The van der Waals surface area contributed by atoms with Crippen molar-refractivity contribution in [3.05, 3.63) is 0 Å². The molecule has 0 saturated heterocycles. The SMILES string of the molecule is CCCCCCCCCCCCCCCCCC(=O)OC[C@@H](COC(=O)CCCCCCCCCCCCCC(C)C)OC(=O)CCCCCCCCCCCCCCCCCCC(C)C. The van der Waals surface area contributed by atoms with Gasteiger partial charge in [0.15, 0.2) is 6.10 Å². The van der Waals surface area contributed by atoms with Crippen molar-refractivity contribution < 1.29 is 28.6 Å². The van der Waals surface area contributed by atoms with Gasteiger partial charge in [-0.1, -0.05) is 298 Å². The molecule has 0 aromatic carbocycles. The normalized spacial score (nSPS) is 12.0.